The summed E-state index contributed by atoms with van der Waals surface area (Å²) in [6, 6.07) is 19.4. The second-order valence-electron chi connectivity index (χ2n) is 11.4. The van der Waals surface area contributed by atoms with Gasteiger partial charge < -0.3 is 14.3 Å². The van der Waals surface area contributed by atoms with Crippen molar-refractivity contribution in [3.63, 3.8) is 0 Å². The van der Waals surface area contributed by atoms with Gasteiger partial charge in [0.15, 0.2) is 0 Å². The lowest BCUT2D eigenvalue weighted by molar-refractivity contribution is -0.906. The predicted molar refractivity (Wildman–Crippen MR) is 125 cm³/mol. The summed E-state index contributed by atoms with van der Waals surface area (Å²) in [5.74, 6) is 3.78. The van der Waals surface area contributed by atoms with Gasteiger partial charge in [-0.1, -0.05) is 42.5 Å². The minimum absolute atomic E-state index is 0.340. The first-order chi connectivity index (χ1) is 14.9. The standard InChI is InChI=1S/C28H38NO2/c1-29(2,18-21-6-4-3-5-7-21)19-26(30)20-31-27-10-8-25(9-11-27)28-15-22-12-23(16-28)14-24(13-22)17-28/h3-11,22-24,26,30H,12-20H2,1-2H3/q+1/t22?,23?,24?,26-,28?/m0/s1. The van der Waals surface area contributed by atoms with Crippen molar-refractivity contribution >= 4 is 0 Å². The Hall–Kier alpha value is -1.84. The topological polar surface area (TPSA) is 29.5 Å². The van der Waals surface area contributed by atoms with E-state index in [4.69, 9.17) is 4.74 Å². The highest BCUT2D eigenvalue weighted by Crippen LogP contribution is 2.60. The van der Waals surface area contributed by atoms with Crippen LogP contribution in [0.4, 0.5) is 0 Å². The number of hydrogen-bond donors (Lipinski definition) is 1. The van der Waals surface area contributed by atoms with Crippen molar-refractivity contribution in [3.05, 3.63) is 65.7 Å². The van der Waals surface area contributed by atoms with E-state index >= 15 is 0 Å². The molecule has 2 aromatic carbocycles. The van der Waals surface area contributed by atoms with Crippen LogP contribution in [0.3, 0.4) is 0 Å². The van der Waals surface area contributed by atoms with Crippen LogP contribution in [0.5, 0.6) is 5.75 Å². The van der Waals surface area contributed by atoms with E-state index in [9.17, 15) is 5.11 Å². The van der Waals surface area contributed by atoms with Gasteiger partial charge in [-0.15, -0.1) is 0 Å². The third-order valence-electron chi connectivity index (χ3n) is 8.11. The summed E-state index contributed by atoms with van der Waals surface area (Å²) in [5, 5.41) is 10.6. The zero-order valence-corrected chi connectivity index (χ0v) is 19.2. The molecule has 0 unspecified atom stereocenters. The van der Waals surface area contributed by atoms with E-state index in [1.807, 2.05) is 6.07 Å². The number of aliphatic hydroxyl groups is 1. The van der Waals surface area contributed by atoms with Crippen molar-refractivity contribution in [2.24, 2.45) is 17.8 Å². The van der Waals surface area contributed by atoms with Gasteiger partial charge in [0.1, 0.15) is 31.5 Å². The predicted octanol–water partition coefficient (Wildman–Crippen LogP) is 5.17. The van der Waals surface area contributed by atoms with E-state index in [2.05, 4.69) is 62.6 Å². The van der Waals surface area contributed by atoms with Gasteiger partial charge in [0.05, 0.1) is 14.1 Å². The van der Waals surface area contributed by atoms with Gasteiger partial charge in [-0.3, -0.25) is 0 Å². The fraction of sp³-hybridized carbons (Fsp3) is 0.571. The first-order valence-corrected chi connectivity index (χ1v) is 12.2. The van der Waals surface area contributed by atoms with Gasteiger partial charge in [-0.2, -0.15) is 0 Å². The molecular weight excluding hydrogens is 382 g/mol. The third-order valence-corrected chi connectivity index (χ3v) is 8.11. The Balaban J connectivity index is 1.15. The number of hydrogen-bond acceptors (Lipinski definition) is 2. The van der Waals surface area contributed by atoms with Crippen molar-refractivity contribution < 1.29 is 14.3 Å². The van der Waals surface area contributed by atoms with Gasteiger partial charge in [-0.05, 0) is 79.4 Å². The maximum absolute atomic E-state index is 10.6. The molecule has 0 heterocycles. The van der Waals surface area contributed by atoms with Gasteiger partial charge >= 0.3 is 0 Å². The molecule has 4 aliphatic carbocycles. The van der Waals surface area contributed by atoms with Crippen LogP contribution in [0.1, 0.15) is 49.7 Å². The van der Waals surface area contributed by atoms with Crippen molar-refractivity contribution in [1.29, 1.82) is 0 Å². The van der Waals surface area contributed by atoms with Crippen LogP contribution in [0.25, 0.3) is 0 Å². The Morgan fingerprint density at radius 3 is 2.06 bits per heavy atom. The summed E-state index contributed by atoms with van der Waals surface area (Å²) in [4.78, 5) is 0. The molecule has 0 saturated heterocycles. The first kappa shape index (κ1) is 21.0. The minimum atomic E-state index is -0.485. The maximum atomic E-state index is 10.6. The smallest absolute Gasteiger partial charge is 0.137 e. The average Bonchev–Trinajstić information content (AvgIpc) is 2.72. The van der Waals surface area contributed by atoms with Crippen molar-refractivity contribution in [1.82, 2.24) is 0 Å². The summed E-state index contributed by atoms with van der Waals surface area (Å²) in [5.41, 5.74) is 3.26. The molecule has 1 atom stereocenters. The molecule has 0 amide bonds. The van der Waals surface area contributed by atoms with Crippen LogP contribution in [-0.4, -0.2) is 42.9 Å². The number of ether oxygens (including phenoxy) is 1. The first-order valence-electron chi connectivity index (χ1n) is 12.2. The van der Waals surface area contributed by atoms with Crippen LogP contribution in [0, 0.1) is 17.8 Å². The fourth-order valence-corrected chi connectivity index (χ4v) is 7.33. The lowest BCUT2D eigenvalue weighted by atomic mass is 9.48. The Labute approximate surface area is 187 Å². The highest BCUT2D eigenvalue weighted by atomic mass is 16.5. The highest BCUT2D eigenvalue weighted by Gasteiger charge is 2.51. The molecule has 0 aliphatic heterocycles. The monoisotopic (exact) mass is 420 g/mol. The molecular formula is C28H38NO2+. The molecule has 1 N–H and O–H groups in total. The summed E-state index contributed by atoms with van der Waals surface area (Å²) < 4.78 is 6.71. The van der Waals surface area contributed by atoms with Crippen LogP contribution < -0.4 is 4.74 Å². The molecule has 6 rings (SSSR count). The zero-order chi connectivity index (χ0) is 21.5. The Morgan fingerprint density at radius 1 is 0.903 bits per heavy atom. The number of rotatable bonds is 8. The summed E-state index contributed by atoms with van der Waals surface area (Å²) in [6.45, 7) is 1.91. The lowest BCUT2D eigenvalue weighted by Gasteiger charge is -2.57. The summed E-state index contributed by atoms with van der Waals surface area (Å²) in [6.07, 6.45) is 8.15. The SMILES string of the molecule is C[N+](C)(Cc1ccccc1)C[C@H](O)COc1ccc(C23CC4CC(CC(C4)C2)C3)cc1. The van der Waals surface area contributed by atoms with Crippen LogP contribution >= 0.6 is 0 Å². The molecule has 31 heavy (non-hydrogen) atoms. The maximum Gasteiger partial charge on any atom is 0.137 e. The van der Waals surface area contributed by atoms with Crippen molar-refractivity contribution in [2.75, 3.05) is 27.2 Å². The molecule has 3 heteroatoms. The molecule has 3 nitrogen and oxygen atoms in total. The third kappa shape index (κ3) is 4.68. The number of nitrogens with zero attached hydrogens (tertiary/aromatic N) is 1. The second kappa shape index (κ2) is 8.26. The number of benzene rings is 2. The number of aliphatic hydroxyl groups excluding tert-OH is 1. The Kier molecular flexibility index (Phi) is 5.60. The number of quaternary nitrogens is 1. The molecule has 4 bridgehead atoms. The molecule has 4 aliphatic rings. The van der Waals surface area contributed by atoms with E-state index in [0.717, 1.165) is 34.5 Å². The Morgan fingerprint density at radius 2 is 1.48 bits per heavy atom. The van der Waals surface area contributed by atoms with Gasteiger partial charge in [-0.25, -0.2) is 0 Å². The van der Waals surface area contributed by atoms with E-state index in [0.29, 0.717) is 18.6 Å². The molecule has 0 spiro atoms. The van der Waals surface area contributed by atoms with E-state index in [1.165, 1.54) is 49.7 Å². The molecule has 166 valence electrons. The van der Waals surface area contributed by atoms with Crippen LogP contribution in [-0.2, 0) is 12.0 Å². The minimum Gasteiger partial charge on any atom is -0.491 e. The van der Waals surface area contributed by atoms with E-state index in [1.54, 1.807) is 0 Å². The van der Waals surface area contributed by atoms with Crippen molar-refractivity contribution in [3.8, 4) is 5.75 Å². The number of likely N-dealkylation sites (N-methyl/N-ethyl adjacent to an activating group) is 1. The van der Waals surface area contributed by atoms with Gasteiger partial charge in [0.25, 0.3) is 0 Å². The molecule has 0 aromatic heterocycles. The lowest BCUT2D eigenvalue weighted by Crippen LogP contribution is -2.48. The summed E-state index contributed by atoms with van der Waals surface area (Å²) in [7, 11) is 4.33. The average molecular weight is 421 g/mol. The highest BCUT2D eigenvalue weighted by molar-refractivity contribution is 5.34. The zero-order valence-electron chi connectivity index (χ0n) is 19.2. The van der Waals surface area contributed by atoms with E-state index in [-0.39, 0.29) is 0 Å². The largest absolute Gasteiger partial charge is 0.491 e. The normalized spacial score (nSPS) is 30.4. The molecule has 4 saturated carbocycles. The van der Waals surface area contributed by atoms with E-state index < -0.39 is 6.10 Å². The quantitative estimate of drug-likeness (QED) is 0.597. The molecule has 4 fully saturated rings. The Bertz CT molecular complexity index is 838. The second-order valence-corrected chi connectivity index (χ2v) is 11.4. The molecule has 2 aromatic rings. The molecule has 0 radical (unpaired) electrons. The van der Waals surface area contributed by atoms with Crippen LogP contribution in [0.15, 0.2) is 54.6 Å². The van der Waals surface area contributed by atoms with Gasteiger partial charge in [0, 0.05) is 5.56 Å². The summed E-state index contributed by atoms with van der Waals surface area (Å²) >= 11 is 0. The van der Waals surface area contributed by atoms with Crippen LogP contribution in [0.2, 0.25) is 0 Å². The van der Waals surface area contributed by atoms with Gasteiger partial charge in [0.2, 0.25) is 0 Å². The van der Waals surface area contributed by atoms with Crippen molar-refractivity contribution in [2.45, 2.75) is 56.6 Å². The fourth-order valence-electron chi connectivity index (χ4n) is 7.33.